The Balaban J connectivity index is 1.97. The van der Waals surface area contributed by atoms with Gasteiger partial charge in [0.25, 0.3) is 5.91 Å². The molecule has 2 aromatic rings. The zero-order chi connectivity index (χ0) is 18.6. The van der Waals surface area contributed by atoms with Gasteiger partial charge in [-0.25, -0.2) is 9.18 Å². The maximum Gasteiger partial charge on any atom is 0.339 e. The molecule has 0 aliphatic heterocycles. The van der Waals surface area contributed by atoms with Gasteiger partial charge in [0, 0.05) is 5.69 Å². The van der Waals surface area contributed by atoms with E-state index in [1.165, 1.54) is 25.1 Å². The first-order valence-corrected chi connectivity index (χ1v) is 8.05. The van der Waals surface area contributed by atoms with Gasteiger partial charge in [-0.15, -0.1) is 0 Å². The van der Waals surface area contributed by atoms with Gasteiger partial charge in [0.05, 0.1) is 5.56 Å². The fourth-order valence-electron chi connectivity index (χ4n) is 2.20. The molecule has 2 rings (SSSR count). The summed E-state index contributed by atoms with van der Waals surface area (Å²) >= 11 is 0. The van der Waals surface area contributed by atoms with Crippen LogP contribution in [0, 0.1) is 5.82 Å². The molecular formula is C20H22FNO3. The van der Waals surface area contributed by atoms with Gasteiger partial charge in [-0.3, -0.25) is 4.79 Å². The van der Waals surface area contributed by atoms with E-state index < -0.39 is 23.8 Å². The summed E-state index contributed by atoms with van der Waals surface area (Å²) in [4.78, 5) is 24.1. The largest absolute Gasteiger partial charge is 0.449 e. The summed E-state index contributed by atoms with van der Waals surface area (Å²) in [5.41, 5.74) is 1.85. The highest BCUT2D eigenvalue weighted by Crippen LogP contribution is 2.23. The molecule has 0 radical (unpaired) electrons. The summed E-state index contributed by atoms with van der Waals surface area (Å²) in [7, 11) is 0. The number of hydrogen-bond acceptors (Lipinski definition) is 3. The van der Waals surface area contributed by atoms with Crippen LogP contribution in [0.1, 0.15) is 43.6 Å². The van der Waals surface area contributed by atoms with Crippen molar-refractivity contribution in [2.45, 2.75) is 39.2 Å². The third-order valence-corrected chi connectivity index (χ3v) is 3.73. The Morgan fingerprint density at radius 1 is 1.08 bits per heavy atom. The molecule has 1 N–H and O–H groups in total. The van der Waals surface area contributed by atoms with Crippen LogP contribution >= 0.6 is 0 Å². The van der Waals surface area contributed by atoms with Gasteiger partial charge in [0.1, 0.15) is 5.82 Å². The Kier molecular flexibility index (Phi) is 5.57. The second-order valence-electron chi connectivity index (χ2n) is 6.87. The third kappa shape index (κ3) is 5.14. The molecule has 0 heterocycles. The van der Waals surface area contributed by atoms with Gasteiger partial charge in [-0.1, -0.05) is 39.0 Å². The highest BCUT2D eigenvalue weighted by molar-refractivity contribution is 5.97. The van der Waals surface area contributed by atoms with Gasteiger partial charge < -0.3 is 10.1 Å². The van der Waals surface area contributed by atoms with E-state index in [1.54, 1.807) is 12.1 Å². The van der Waals surface area contributed by atoms with E-state index in [0.717, 1.165) is 11.6 Å². The van der Waals surface area contributed by atoms with Crippen molar-refractivity contribution in [3.8, 4) is 0 Å². The van der Waals surface area contributed by atoms with Gasteiger partial charge in [-0.05, 0) is 48.2 Å². The summed E-state index contributed by atoms with van der Waals surface area (Å²) in [6, 6.07) is 12.6. The van der Waals surface area contributed by atoms with Crippen LogP contribution in [0.3, 0.4) is 0 Å². The molecule has 25 heavy (non-hydrogen) atoms. The van der Waals surface area contributed by atoms with E-state index >= 15 is 0 Å². The average Bonchev–Trinajstić information content (AvgIpc) is 2.54. The molecule has 0 spiro atoms. The van der Waals surface area contributed by atoms with Gasteiger partial charge >= 0.3 is 5.97 Å². The molecule has 0 unspecified atom stereocenters. The lowest BCUT2D eigenvalue weighted by atomic mass is 9.87. The summed E-state index contributed by atoms with van der Waals surface area (Å²) in [5.74, 6) is -1.73. The summed E-state index contributed by atoms with van der Waals surface area (Å²) in [6.07, 6.45) is -1.00. The van der Waals surface area contributed by atoms with Crippen molar-refractivity contribution in [2.24, 2.45) is 0 Å². The van der Waals surface area contributed by atoms with Crippen molar-refractivity contribution < 1.29 is 18.7 Å². The number of amides is 1. The van der Waals surface area contributed by atoms with Crippen molar-refractivity contribution in [3.63, 3.8) is 0 Å². The first-order chi connectivity index (χ1) is 11.7. The van der Waals surface area contributed by atoms with E-state index in [9.17, 15) is 14.0 Å². The molecule has 1 atom stereocenters. The predicted molar refractivity (Wildman–Crippen MR) is 95.0 cm³/mol. The number of esters is 1. The lowest BCUT2D eigenvalue weighted by Crippen LogP contribution is -2.30. The molecule has 2 aromatic carbocycles. The summed E-state index contributed by atoms with van der Waals surface area (Å²) < 4.78 is 18.2. The molecule has 0 aliphatic carbocycles. The number of halogens is 1. The molecule has 0 bridgehead atoms. The maximum atomic E-state index is 13.1. The summed E-state index contributed by atoms with van der Waals surface area (Å²) in [5, 5.41) is 2.70. The van der Waals surface area contributed by atoms with Gasteiger partial charge in [0.15, 0.2) is 6.10 Å². The van der Waals surface area contributed by atoms with Crippen LogP contribution in [-0.4, -0.2) is 18.0 Å². The highest BCUT2D eigenvalue weighted by Gasteiger charge is 2.20. The zero-order valence-corrected chi connectivity index (χ0v) is 14.8. The molecule has 4 nitrogen and oxygen atoms in total. The van der Waals surface area contributed by atoms with E-state index in [0.29, 0.717) is 5.69 Å². The molecule has 0 saturated carbocycles. The van der Waals surface area contributed by atoms with Crippen LogP contribution in [0.15, 0.2) is 48.5 Å². The smallest absolute Gasteiger partial charge is 0.339 e. The standard InChI is InChI=1S/C20H22FNO3/c1-13(25-19(24)14-6-5-7-16(21)12-14)18(23)22-17-10-8-15(9-11-17)20(2,3)4/h5-13H,1-4H3,(H,22,23)/t13-/m0/s1. The quantitative estimate of drug-likeness (QED) is 0.842. The molecule has 0 saturated heterocycles. The molecule has 5 heteroatoms. The molecule has 0 aliphatic rings. The number of nitrogens with one attached hydrogen (secondary N) is 1. The number of hydrogen-bond donors (Lipinski definition) is 1. The van der Waals surface area contributed by atoms with Crippen molar-refractivity contribution in [2.75, 3.05) is 5.32 Å². The minimum Gasteiger partial charge on any atom is -0.449 e. The lowest BCUT2D eigenvalue weighted by Gasteiger charge is -2.19. The van der Waals surface area contributed by atoms with Crippen LogP contribution in [0.5, 0.6) is 0 Å². The zero-order valence-electron chi connectivity index (χ0n) is 14.8. The number of carbonyl (C=O) groups excluding carboxylic acids is 2. The van der Waals surface area contributed by atoms with Crippen molar-refractivity contribution >= 4 is 17.6 Å². The van der Waals surface area contributed by atoms with Crippen LogP contribution in [0.2, 0.25) is 0 Å². The normalized spacial score (nSPS) is 12.4. The minimum atomic E-state index is -1.00. The Hall–Kier alpha value is -2.69. The average molecular weight is 343 g/mol. The Morgan fingerprint density at radius 2 is 1.72 bits per heavy atom. The van der Waals surface area contributed by atoms with Crippen LogP contribution in [0.25, 0.3) is 0 Å². The van der Waals surface area contributed by atoms with Crippen LogP contribution < -0.4 is 5.32 Å². The van der Waals surface area contributed by atoms with Crippen LogP contribution in [0.4, 0.5) is 10.1 Å². The molecule has 0 fully saturated rings. The fourth-order valence-corrected chi connectivity index (χ4v) is 2.20. The number of anilines is 1. The number of ether oxygens (including phenoxy) is 1. The maximum absolute atomic E-state index is 13.1. The van der Waals surface area contributed by atoms with Crippen molar-refractivity contribution in [1.29, 1.82) is 0 Å². The number of carbonyl (C=O) groups is 2. The highest BCUT2D eigenvalue weighted by atomic mass is 19.1. The van der Waals surface area contributed by atoms with E-state index in [1.807, 2.05) is 12.1 Å². The van der Waals surface area contributed by atoms with E-state index in [2.05, 4.69) is 26.1 Å². The monoisotopic (exact) mass is 343 g/mol. The first-order valence-electron chi connectivity index (χ1n) is 8.05. The van der Waals surface area contributed by atoms with Crippen LogP contribution in [-0.2, 0) is 14.9 Å². The predicted octanol–water partition coefficient (Wildman–Crippen LogP) is 4.31. The molecule has 1 amide bonds. The first kappa shape index (κ1) is 18.6. The Morgan fingerprint density at radius 3 is 2.28 bits per heavy atom. The Labute approximate surface area is 147 Å². The van der Waals surface area contributed by atoms with Crippen molar-refractivity contribution in [3.05, 3.63) is 65.5 Å². The van der Waals surface area contributed by atoms with Gasteiger partial charge in [-0.2, -0.15) is 0 Å². The van der Waals surface area contributed by atoms with Gasteiger partial charge in [0.2, 0.25) is 0 Å². The molecule has 0 aromatic heterocycles. The fraction of sp³-hybridized carbons (Fsp3) is 0.300. The SMILES string of the molecule is C[C@H](OC(=O)c1cccc(F)c1)C(=O)Nc1ccc(C(C)(C)C)cc1. The second-order valence-corrected chi connectivity index (χ2v) is 6.87. The van der Waals surface area contributed by atoms with Crippen molar-refractivity contribution in [1.82, 2.24) is 0 Å². The number of benzene rings is 2. The lowest BCUT2D eigenvalue weighted by molar-refractivity contribution is -0.123. The molecular weight excluding hydrogens is 321 g/mol. The molecule has 132 valence electrons. The third-order valence-electron chi connectivity index (χ3n) is 3.73. The minimum absolute atomic E-state index is 0.0241. The topological polar surface area (TPSA) is 55.4 Å². The number of rotatable bonds is 4. The summed E-state index contributed by atoms with van der Waals surface area (Å²) in [6.45, 7) is 7.79. The van der Waals surface area contributed by atoms with E-state index in [-0.39, 0.29) is 11.0 Å². The van der Waals surface area contributed by atoms with E-state index in [4.69, 9.17) is 4.74 Å². The Bertz CT molecular complexity index is 763. The second kappa shape index (κ2) is 7.47.